The van der Waals surface area contributed by atoms with Gasteiger partial charge in [-0.3, -0.25) is 4.79 Å². The molecule has 0 aliphatic heterocycles. The van der Waals surface area contributed by atoms with E-state index < -0.39 is 0 Å². The maximum atomic E-state index is 11.7. The highest BCUT2D eigenvalue weighted by atomic mass is 16.5. The maximum absolute atomic E-state index is 11.7. The van der Waals surface area contributed by atoms with Crippen molar-refractivity contribution in [3.05, 3.63) is 65.0 Å². The first-order chi connectivity index (χ1) is 10.3. The predicted octanol–water partition coefficient (Wildman–Crippen LogP) is 3.67. The minimum Gasteiger partial charge on any atom is -0.494 e. The minimum atomic E-state index is -0.123. The Kier molecular flexibility index (Phi) is 3.60. The molecule has 1 aromatic heterocycles. The lowest BCUT2D eigenvalue weighted by atomic mass is 10.2. The summed E-state index contributed by atoms with van der Waals surface area (Å²) in [4.78, 5) is 14.5. The lowest BCUT2D eigenvalue weighted by Gasteiger charge is -2.10. The van der Waals surface area contributed by atoms with Gasteiger partial charge in [-0.25, -0.2) is 0 Å². The number of H-pyrrole nitrogens is 1. The molecule has 0 unspecified atom stereocenters. The molecule has 0 fully saturated rings. The molecule has 0 aliphatic rings. The monoisotopic (exact) mass is 280 g/mol. The fourth-order valence-corrected chi connectivity index (χ4v) is 2.26. The number of hydrogen-bond donors (Lipinski definition) is 2. The highest BCUT2D eigenvalue weighted by Crippen LogP contribution is 2.24. The normalized spacial score (nSPS) is 10.5. The van der Waals surface area contributed by atoms with Crippen LogP contribution >= 0.6 is 0 Å². The lowest BCUT2D eigenvalue weighted by Crippen LogP contribution is -2.06. The first kappa shape index (κ1) is 13.2. The van der Waals surface area contributed by atoms with E-state index in [1.54, 1.807) is 6.07 Å². The SMILES string of the molecule is CCOc1ccc(Nc2cc(=O)[nH]c3ccccc23)cc1. The number of pyridine rings is 1. The standard InChI is InChI=1S/C17H16N2O2/c1-2-21-13-9-7-12(8-10-13)18-16-11-17(20)19-15-6-4-3-5-14(15)16/h3-11H,2H2,1H3,(H2,18,19,20). The molecule has 3 aromatic rings. The van der Waals surface area contributed by atoms with E-state index in [1.807, 2.05) is 55.5 Å². The largest absolute Gasteiger partial charge is 0.494 e. The summed E-state index contributed by atoms with van der Waals surface area (Å²) in [6.45, 7) is 2.60. The minimum absolute atomic E-state index is 0.123. The summed E-state index contributed by atoms with van der Waals surface area (Å²) in [6, 6.07) is 17.0. The van der Waals surface area contributed by atoms with Crippen LogP contribution in [0.15, 0.2) is 59.4 Å². The van der Waals surface area contributed by atoms with Gasteiger partial charge in [-0.15, -0.1) is 0 Å². The predicted molar refractivity (Wildman–Crippen MR) is 85.5 cm³/mol. The summed E-state index contributed by atoms with van der Waals surface area (Å²) in [5.74, 6) is 0.832. The number of fused-ring (bicyclic) bond motifs is 1. The summed E-state index contributed by atoms with van der Waals surface area (Å²) in [5.41, 5.74) is 2.40. The molecular formula is C17H16N2O2. The molecule has 2 aromatic carbocycles. The van der Waals surface area contributed by atoms with Gasteiger partial charge in [0.2, 0.25) is 5.56 Å². The van der Waals surface area contributed by atoms with E-state index in [0.29, 0.717) is 6.61 Å². The van der Waals surface area contributed by atoms with Crippen LogP contribution in [0.25, 0.3) is 10.9 Å². The second kappa shape index (κ2) is 5.71. The molecule has 0 spiro atoms. The van der Waals surface area contributed by atoms with E-state index in [0.717, 1.165) is 28.0 Å². The van der Waals surface area contributed by atoms with Crippen molar-refractivity contribution in [1.29, 1.82) is 0 Å². The van der Waals surface area contributed by atoms with Gasteiger partial charge in [0.1, 0.15) is 5.75 Å². The Bertz CT molecular complexity index is 807. The van der Waals surface area contributed by atoms with E-state index >= 15 is 0 Å². The molecule has 3 rings (SSSR count). The van der Waals surface area contributed by atoms with Crippen molar-refractivity contribution >= 4 is 22.3 Å². The van der Waals surface area contributed by atoms with Crippen LogP contribution in [0.4, 0.5) is 11.4 Å². The molecule has 0 atom stereocenters. The fourth-order valence-electron chi connectivity index (χ4n) is 2.26. The van der Waals surface area contributed by atoms with Gasteiger partial charge in [0.15, 0.2) is 0 Å². The first-order valence-electron chi connectivity index (χ1n) is 6.88. The van der Waals surface area contributed by atoms with Crippen molar-refractivity contribution < 1.29 is 4.74 Å². The summed E-state index contributed by atoms with van der Waals surface area (Å²) in [5, 5.41) is 4.26. The van der Waals surface area contributed by atoms with Gasteiger partial charge in [0, 0.05) is 17.1 Å². The van der Waals surface area contributed by atoms with E-state index in [4.69, 9.17) is 4.74 Å². The lowest BCUT2D eigenvalue weighted by molar-refractivity contribution is 0.340. The van der Waals surface area contributed by atoms with E-state index in [2.05, 4.69) is 10.3 Å². The fraction of sp³-hybridized carbons (Fsp3) is 0.118. The van der Waals surface area contributed by atoms with Gasteiger partial charge >= 0.3 is 0 Å². The van der Waals surface area contributed by atoms with Crippen LogP contribution in [-0.4, -0.2) is 11.6 Å². The molecule has 0 saturated carbocycles. The van der Waals surface area contributed by atoms with Crippen molar-refractivity contribution in [1.82, 2.24) is 4.98 Å². The van der Waals surface area contributed by atoms with Gasteiger partial charge in [0.05, 0.1) is 17.8 Å². The third-order valence-corrected chi connectivity index (χ3v) is 3.19. The Morgan fingerprint density at radius 3 is 2.62 bits per heavy atom. The van der Waals surface area contributed by atoms with Crippen molar-refractivity contribution in [2.24, 2.45) is 0 Å². The number of anilines is 2. The Morgan fingerprint density at radius 1 is 1.10 bits per heavy atom. The molecule has 2 N–H and O–H groups in total. The van der Waals surface area contributed by atoms with Gasteiger partial charge in [-0.1, -0.05) is 18.2 Å². The number of hydrogen-bond acceptors (Lipinski definition) is 3. The van der Waals surface area contributed by atoms with Crippen LogP contribution in [-0.2, 0) is 0 Å². The molecule has 106 valence electrons. The average molecular weight is 280 g/mol. The zero-order valence-corrected chi connectivity index (χ0v) is 11.7. The van der Waals surface area contributed by atoms with Crippen LogP contribution in [0.1, 0.15) is 6.92 Å². The Morgan fingerprint density at radius 2 is 1.86 bits per heavy atom. The summed E-state index contributed by atoms with van der Waals surface area (Å²) < 4.78 is 5.42. The Balaban J connectivity index is 1.96. The number of para-hydroxylation sites is 1. The number of nitrogens with one attached hydrogen (secondary N) is 2. The van der Waals surface area contributed by atoms with Crippen LogP contribution in [0.2, 0.25) is 0 Å². The highest BCUT2D eigenvalue weighted by Gasteiger charge is 2.03. The molecule has 0 bridgehead atoms. The number of rotatable bonds is 4. The Labute approximate surface area is 122 Å². The van der Waals surface area contributed by atoms with Crippen LogP contribution in [0, 0.1) is 0 Å². The molecule has 1 heterocycles. The molecular weight excluding hydrogens is 264 g/mol. The van der Waals surface area contributed by atoms with Gasteiger partial charge < -0.3 is 15.0 Å². The van der Waals surface area contributed by atoms with Crippen molar-refractivity contribution in [3.8, 4) is 5.75 Å². The van der Waals surface area contributed by atoms with Crippen LogP contribution in [0.5, 0.6) is 5.75 Å². The second-order valence-electron chi connectivity index (χ2n) is 4.68. The zero-order chi connectivity index (χ0) is 14.7. The highest BCUT2D eigenvalue weighted by molar-refractivity contribution is 5.92. The first-order valence-corrected chi connectivity index (χ1v) is 6.88. The number of benzene rings is 2. The summed E-state index contributed by atoms with van der Waals surface area (Å²) in [7, 11) is 0. The molecule has 21 heavy (non-hydrogen) atoms. The van der Waals surface area contributed by atoms with Crippen LogP contribution < -0.4 is 15.6 Å². The summed E-state index contributed by atoms with van der Waals surface area (Å²) >= 11 is 0. The second-order valence-corrected chi connectivity index (χ2v) is 4.68. The zero-order valence-electron chi connectivity index (χ0n) is 11.7. The molecule has 4 nitrogen and oxygen atoms in total. The molecule has 0 amide bonds. The van der Waals surface area contributed by atoms with E-state index in [-0.39, 0.29) is 5.56 Å². The Hall–Kier alpha value is -2.75. The molecule has 0 radical (unpaired) electrons. The molecule has 0 aliphatic carbocycles. The topological polar surface area (TPSA) is 54.1 Å². The van der Waals surface area contributed by atoms with Crippen molar-refractivity contribution in [3.63, 3.8) is 0 Å². The van der Waals surface area contributed by atoms with Crippen molar-refractivity contribution in [2.75, 3.05) is 11.9 Å². The van der Waals surface area contributed by atoms with Crippen molar-refractivity contribution in [2.45, 2.75) is 6.92 Å². The van der Waals surface area contributed by atoms with Gasteiger partial charge in [-0.05, 0) is 37.3 Å². The third kappa shape index (κ3) is 2.89. The number of ether oxygens (including phenoxy) is 1. The van der Waals surface area contributed by atoms with Crippen LogP contribution in [0.3, 0.4) is 0 Å². The third-order valence-electron chi connectivity index (χ3n) is 3.19. The van der Waals surface area contributed by atoms with E-state index in [1.165, 1.54) is 0 Å². The van der Waals surface area contributed by atoms with E-state index in [9.17, 15) is 4.79 Å². The quantitative estimate of drug-likeness (QED) is 0.766. The van der Waals surface area contributed by atoms with Gasteiger partial charge in [-0.2, -0.15) is 0 Å². The molecule has 4 heteroatoms. The smallest absolute Gasteiger partial charge is 0.250 e. The molecule has 0 saturated heterocycles. The number of aromatic nitrogens is 1. The number of aromatic amines is 1. The average Bonchev–Trinajstić information content (AvgIpc) is 2.49. The van der Waals surface area contributed by atoms with Gasteiger partial charge in [0.25, 0.3) is 0 Å². The maximum Gasteiger partial charge on any atom is 0.250 e. The summed E-state index contributed by atoms with van der Waals surface area (Å²) in [6.07, 6.45) is 0.